The molecular formula is C28H26F3N5O3S2. The van der Waals surface area contributed by atoms with Crippen molar-refractivity contribution < 1.29 is 26.3 Å². The molecule has 3 aromatic carbocycles. The smallest absolute Gasteiger partial charge is 0.416 e. The summed E-state index contributed by atoms with van der Waals surface area (Å²) in [6.45, 7) is 1.66. The maximum absolute atomic E-state index is 14.3. The minimum Gasteiger partial charge on any atom is -0.456 e. The Morgan fingerprint density at radius 2 is 1.63 bits per heavy atom. The molecule has 8 nitrogen and oxygen atoms in total. The Morgan fingerprint density at radius 3 is 2.39 bits per heavy atom. The summed E-state index contributed by atoms with van der Waals surface area (Å²) < 4.78 is 76.5. The van der Waals surface area contributed by atoms with Gasteiger partial charge in [0, 0.05) is 36.7 Å². The first-order chi connectivity index (χ1) is 19.7. The van der Waals surface area contributed by atoms with Crippen LogP contribution in [0.15, 0.2) is 77.8 Å². The van der Waals surface area contributed by atoms with Crippen molar-refractivity contribution in [1.82, 2.24) is 19.3 Å². The van der Waals surface area contributed by atoms with Gasteiger partial charge in [-0.05, 0) is 35.9 Å². The first-order valence-corrected chi connectivity index (χ1v) is 15.5. The van der Waals surface area contributed by atoms with Crippen molar-refractivity contribution in [2.75, 3.05) is 29.5 Å². The quantitative estimate of drug-likeness (QED) is 0.303. The monoisotopic (exact) mass is 601 g/mol. The van der Waals surface area contributed by atoms with E-state index in [1.54, 1.807) is 12.3 Å². The summed E-state index contributed by atoms with van der Waals surface area (Å²) in [5.74, 6) is 2.65. The highest BCUT2D eigenvalue weighted by molar-refractivity contribution is 7.99. The fraction of sp³-hybridized carbons (Fsp3) is 0.286. The second kappa shape index (κ2) is 11.0. The number of alkyl halides is 3. The van der Waals surface area contributed by atoms with Crippen LogP contribution in [0.3, 0.4) is 0 Å². The number of sulfonamides is 1. The van der Waals surface area contributed by atoms with Gasteiger partial charge in [0.25, 0.3) is 0 Å². The molecule has 1 saturated heterocycles. The molecule has 6 rings (SSSR count). The first-order valence-electron chi connectivity index (χ1n) is 13.0. The van der Waals surface area contributed by atoms with Crippen LogP contribution >= 0.6 is 11.8 Å². The Kier molecular flexibility index (Phi) is 7.43. The van der Waals surface area contributed by atoms with E-state index in [0.717, 1.165) is 36.7 Å². The number of benzene rings is 3. The summed E-state index contributed by atoms with van der Waals surface area (Å²) in [5.41, 5.74) is 1.61. The topological polar surface area (TPSA) is 80.6 Å². The molecular weight excluding hydrogens is 575 g/mol. The molecule has 0 bridgehead atoms. The van der Waals surface area contributed by atoms with E-state index in [9.17, 15) is 21.6 Å². The number of fused-ring (bicyclic) bond motifs is 2. The van der Waals surface area contributed by atoms with Crippen molar-refractivity contribution in [3.8, 4) is 11.5 Å². The molecule has 1 fully saturated rings. The minimum atomic E-state index is -4.41. The van der Waals surface area contributed by atoms with E-state index >= 15 is 0 Å². The first kappa shape index (κ1) is 27.6. The molecule has 4 aromatic rings. The van der Waals surface area contributed by atoms with Crippen LogP contribution in [-0.2, 0) is 35.8 Å². The fourth-order valence-electron chi connectivity index (χ4n) is 4.95. The van der Waals surface area contributed by atoms with Crippen molar-refractivity contribution in [1.29, 1.82) is 0 Å². The Bertz CT molecular complexity index is 1650. The Morgan fingerprint density at radius 1 is 0.902 bits per heavy atom. The number of hydrogen-bond donors (Lipinski definition) is 0. The highest BCUT2D eigenvalue weighted by Gasteiger charge is 2.36. The van der Waals surface area contributed by atoms with Gasteiger partial charge in [-0.3, -0.25) is 0 Å². The largest absolute Gasteiger partial charge is 0.456 e. The van der Waals surface area contributed by atoms with Gasteiger partial charge < -0.3 is 9.64 Å². The molecule has 0 saturated carbocycles. The SMILES string of the molecule is O=S1(=O)c2c(cccc2N2CCSCC2)Oc2ccccc2CN1Cc1cn(Cc2ccc(C(F)(F)F)cc2)nn1. The van der Waals surface area contributed by atoms with Crippen molar-refractivity contribution in [2.24, 2.45) is 0 Å². The lowest BCUT2D eigenvalue weighted by atomic mass is 10.1. The van der Waals surface area contributed by atoms with Crippen LogP contribution in [0.2, 0.25) is 0 Å². The van der Waals surface area contributed by atoms with Crippen LogP contribution in [0.1, 0.15) is 22.4 Å². The van der Waals surface area contributed by atoms with E-state index < -0.39 is 21.8 Å². The molecule has 0 unspecified atom stereocenters. The van der Waals surface area contributed by atoms with E-state index in [1.165, 1.54) is 21.1 Å². The highest BCUT2D eigenvalue weighted by Crippen LogP contribution is 2.42. The van der Waals surface area contributed by atoms with Crippen LogP contribution in [0.4, 0.5) is 18.9 Å². The third kappa shape index (κ3) is 5.79. The molecule has 0 radical (unpaired) electrons. The average Bonchev–Trinajstić information content (AvgIpc) is 3.40. The van der Waals surface area contributed by atoms with Crippen LogP contribution < -0.4 is 9.64 Å². The number of anilines is 1. The summed E-state index contributed by atoms with van der Waals surface area (Å²) in [4.78, 5) is 2.21. The molecule has 2 aliphatic heterocycles. The van der Waals surface area contributed by atoms with Crippen molar-refractivity contribution >= 4 is 27.5 Å². The van der Waals surface area contributed by atoms with Crippen molar-refractivity contribution in [3.63, 3.8) is 0 Å². The molecule has 0 atom stereocenters. The van der Waals surface area contributed by atoms with Gasteiger partial charge in [-0.1, -0.05) is 41.6 Å². The summed E-state index contributed by atoms with van der Waals surface area (Å²) >= 11 is 1.84. The van der Waals surface area contributed by atoms with Gasteiger partial charge in [-0.2, -0.15) is 29.2 Å². The van der Waals surface area contributed by atoms with Gasteiger partial charge in [0.05, 0.1) is 36.2 Å². The summed E-state index contributed by atoms with van der Waals surface area (Å²) in [6, 6.07) is 17.5. The lowest BCUT2D eigenvalue weighted by molar-refractivity contribution is -0.137. The Balaban J connectivity index is 1.32. The van der Waals surface area contributed by atoms with Gasteiger partial charge in [0.15, 0.2) is 0 Å². The number of rotatable bonds is 5. The van der Waals surface area contributed by atoms with E-state index in [-0.39, 0.29) is 30.3 Å². The number of nitrogens with zero attached hydrogens (tertiary/aromatic N) is 5. The molecule has 0 spiro atoms. The molecule has 41 heavy (non-hydrogen) atoms. The predicted molar refractivity (Wildman–Crippen MR) is 149 cm³/mol. The zero-order valence-corrected chi connectivity index (χ0v) is 23.4. The molecule has 13 heteroatoms. The van der Waals surface area contributed by atoms with Crippen molar-refractivity contribution in [3.05, 3.63) is 95.3 Å². The summed E-state index contributed by atoms with van der Waals surface area (Å²) in [6.07, 6.45) is -2.80. The minimum absolute atomic E-state index is 0.0483. The second-order valence-electron chi connectivity index (χ2n) is 9.79. The Hall–Kier alpha value is -3.55. The molecule has 214 valence electrons. The summed E-state index contributed by atoms with van der Waals surface area (Å²) in [5, 5.41) is 8.29. The zero-order valence-electron chi connectivity index (χ0n) is 21.8. The zero-order chi connectivity index (χ0) is 28.6. The number of aromatic nitrogens is 3. The number of hydrogen-bond acceptors (Lipinski definition) is 7. The lowest BCUT2D eigenvalue weighted by Crippen LogP contribution is -2.36. The van der Waals surface area contributed by atoms with E-state index in [4.69, 9.17) is 4.74 Å². The van der Waals surface area contributed by atoms with Crippen molar-refractivity contribution in [2.45, 2.75) is 30.7 Å². The van der Waals surface area contributed by atoms with Gasteiger partial charge in [0.1, 0.15) is 16.4 Å². The van der Waals surface area contributed by atoms with Crippen LogP contribution in [0.5, 0.6) is 11.5 Å². The molecule has 2 aliphatic rings. The maximum atomic E-state index is 14.3. The number of halogens is 3. The molecule has 0 amide bonds. The number of ether oxygens (including phenoxy) is 1. The Labute approximate surface area is 239 Å². The molecule has 1 aromatic heterocycles. The third-order valence-electron chi connectivity index (χ3n) is 7.00. The van der Waals surface area contributed by atoms with E-state index in [2.05, 4.69) is 15.2 Å². The van der Waals surface area contributed by atoms with Gasteiger partial charge in [-0.15, -0.1) is 5.10 Å². The van der Waals surface area contributed by atoms with Crippen LogP contribution in [-0.4, -0.2) is 52.3 Å². The summed E-state index contributed by atoms with van der Waals surface area (Å²) in [7, 11) is -4.06. The number of para-hydroxylation sites is 1. The van der Waals surface area contributed by atoms with E-state index in [0.29, 0.717) is 28.3 Å². The fourth-order valence-corrected chi connectivity index (χ4v) is 7.55. The van der Waals surface area contributed by atoms with Gasteiger partial charge >= 0.3 is 6.18 Å². The van der Waals surface area contributed by atoms with Gasteiger partial charge in [0.2, 0.25) is 10.0 Å². The third-order valence-corrected chi connectivity index (χ3v) is 9.80. The lowest BCUT2D eigenvalue weighted by Gasteiger charge is -2.33. The second-order valence-corrected chi connectivity index (χ2v) is 12.9. The predicted octanol–water partition coefficient (Wildman–Crippen LogP) is 5.40. The standard InChI is InChI=1S/C28H26F3N5O3S2/c29-28(30,31)22-10-8-20(9-11-22)16-35-18-23(32-33-35)19-36-17-21-4-1-2-6-25(21)39-26-7-3-5-24(27(26)41(36,37)38)34-12-14-40-15-13-34/h1-11,18H,12-17,19H2. The normalized spacial score (nSPS) is 17.2. The molecule has 3 heterocycles. The van der Waals surface area contributed by atoms with Gasteiger partial charge in [-0.25, -0.2) is 13.1 Å². The highest BCUT2D eigenvalue weighted by atomic mass is 32.2. The molecule has 0 aliphatic carbocycles. The maximum Gasteiger partial charge on any atom is 0.416 e. The van der Waals surface area contributed by atoms with Crippen LogP contribution in [0, 0.1) is 0 Å². The van der Waals surface area contributed by atoms with Crippen LogP contribution in [0.25, 0.3) is 0 Å². The number of thioether (sulfide) groups is 1. The molecule has 0 N–H and O–H groups in total. The average molecular weight is 602 g/mol. The van der Waals surface area contributed by atoms with E-state index in [1.807, 2.05) is 48.2 Å².